The van der Waals surface area contributed by atoms with E-state index in [0.29, 0.717) is 31.8 Å². The molecule has 0 aliphatic carbocycles. The van der Waals surface area contributed by atoms with E-state index >= 15 is 0 Å². The van der Waals surface area contributed by atoms with Gasteiger partial charge in [0.1, 0.15) is 17.1 Å². The highest BCUT2D eigenvalue weighted by atomic mass is 16.5. The zero-order valence-corrected chi connectivity index (χ0v) is 21.5. The number of hydrogen-bond acceptors (Lipinski definition) is 6. The lowest BCUT2D eigenvalue weighted by Gasteiger charge is -2.33. The summed E-state index contributed by atoms with van der Waals surface area (Å²) in [6.07, 6.45) is 3.69. The Morgan fingerprint density at radius 3 is 2.78 bits per heavy atom. The summed E-state index contributed by atoms with van der Waals surface area (Å²) in [5.74, 6) is 2.23. The first kappa shape index (κ1) is 25.3. The normalized spacial score (nSPS) is 17.6. The summed E-state index contributed by atoms with van der Waals surface area (Å²) in [4.78, 5) is 0. The summed E-state index contributed by atoms with van der Waals surface area (Å²) in [6.45, 7) is 4.66. The number of benzene rings is 3. The van der Waals surface area contributed by atoms with E-state index in [2.05, 4.69) is 47.0 Å². The van der Waals surface area contributed by atoms with Crippen molar-refractivity contribution in [3.05, 3.63) is 95.7 Å². The molecular weight excluding hydrogens is 464 g/mol. The molecule has 1 aliphatic rings. The highest BCUT2D eigenvalue weighted by Crippen LogP contribution is 2.28. The van der Waals surface area contributed by atoms with Crippen molar-refractivity contribution in [1.29, 1.82) is 0 Å². The number of nitrogens with one attached hydrogen (secondary N) is 2. The molecule has 2 atom stereocenters. The molecule has 3 aromatic carbocycles. The molecule has 0 amide bonds. The Bertz CT molecular complexity index is 1250. The van der Waals surface area contributed by atoms with Crippen LogP contribution in [-0.2, 0) is 17.9 Å². The van der Waals surface area contributed by atoms with Crippen LogP contribution in [0.2, 0.25) is 0 Å². The van der Waals surface area contributed by atoms with Crippen LogP contribution >= 0.6 is 0 Å². The van der Waals surface area contributed by atoms with Crippen LogP contribution in [0.25, 0.3) is 11.0 Å². The summed E-state index contributed by atoms with van der Waals surface area (Å²) >= 11 is 0. The summed E-state index contributed by atoms with van der Waals surface area (Å²) in [6, 6.07) is 25.3. The summed E-state index contributed by atoms with van der Waals surface area (Å²) in [5, 5.41) is 8.48. The molecule has 1 fully saturated rings. The molecule has 0 saturated carbocycles. The Morgan fingerprint density at radius 1 is 1.00 bits per heavy atom. The van der Waals surface area contributed by atoms with Crippen LogP contribution in [0.3, 0.4) is 0 Å². The first-order valence-corrected chi connectivity index (χ1v) is 13.1. The Kier molecular flexibility index (Phi) is 8.74. The van der Waals surface area contributed by atoms with Gasteiger partial charge in [0.25, 0.3) is 0 Å². The van der Waals surface area contributed by atoms with E-state index in [9.17, 15) is 0 Å². The largest absolute Gasteiger partial charge is 0.496 e. The molecule has 0 radical (unpaired) electrons. The van der Waals surface area contributed by atoms with Crippen molar-refractivity contribution in [3.8, 4) is 11.5 Å². The third kappa shape index (κ3) is 6.72. The molecule has 6 nitrogen and oxygen atoms in total. The molecule has 0 unspecified atom stereocenters. The Labute approximate surface area is 218 Å². The highest BCUT2D eigenvalue weighted by Gasteiger charge is 2.26. The Hall–Kier alpha value is -3.32. The molecule has 0 spiro atoms. The van der Waals surface area contributed by atoms with E-state index < -0.39 is 0 Å². The third-order valence-corrected chi connectivity index (χ3v) is 7.03. The van der Waals surface area contributed by atoms with Crippen molar-refractivity contribution in [1.82, 2.24) is 10.6 Å². The third-order valence-electron chi connectivity index (χ3n) is 7.03. The molecule has 0 bridgehead atoms. The van der Waals surface area contributed by atoms with Crippen LogP contribution in [0, 0.1) is 0 Å². The van der Waals surface area contributed by atoms with Gasteiger partial charge in [0.2, 0.25) is 0 Å². The van der Waals surface area contributed by atoms with E-state index in [4.69, 9.17) is 18.6 Å². The number of piperidine rings is 1. The van der Waals surface area contributed by atoms with Gasteiger partial charge in [-0.1, -0.05) is 36.4 Å². The minimum absolute atomic E-state index is 0.376. The smallest absolute Gasteiger partial charge is 0.133 e. The van der Waals surface area contributed by atoms with Crippen molar-refractivity contribution in [2.24, 2.45) is 0 Å². The van der Waals surface area contributed by atoms with Crippen LogP contribution in [0.5, 0.6) is 11.5 Å². The second kappa shape index (κ2) is 12.8. The number of methoxy groups -OCH3 is 1. The molecule has 1 aromatic heterocycles. The molecule has 5 rings (SSSR count). The van der Waals surface area contributed by atoms with Crippen LogP contribution in [-0.4, -0.2) is 39.5 Å². The lowest BCUT2D eigenvalue weighted by atomic mass is 9.86. The van der Waals surface area contributed by atoms with Gasteiger partial charge in [-0.05, 0) is 60.5 Å². The summed E-state index contributed by atoms with van der Waals surface area (Å²) in [5.41, 5.74) is 4.63. The summed E-state index contributed by atoms with van der Waals surface area (Å²) in [7, 11) is 1.68. The number of rotatable bonds is 12. The second-order valence-electron chi connectivity index (χ2n) is 9.51. The van der Waals surface area contributed by atoms with Crippen LogP contribution in [0.15, 0.2) is 83.5 Å². The molecule has 2 heterocycles. The van der Waals surface area contributed by atoms with Crippen LogP contribution in [0.1, 0.15) is 35.4 Å². The molecular formula is C31H36N2O4. The molecule has 2 N–H and O–H groups in total. The average Bonchev–Trinajstić information content (AvgIpc) is 3.42. The maximum atomic E-state index is 5.97. The van der Waals surface area contributed by atoms with Gasteiger partial charge in [0, 0.05) is 42.4 Å². The number of fused-ring (bicyclic) bond motifs is 1. The molecule has 37 heavy (non-hydrogen) atoms. The number of para-hydroxylation sites is 1. The quantitative estimate of drug-likeness (QED) is 0.245. The second-order valence-corrected chi connectivity index (χ2v) is 9.51. The molecule has 194 valence electrons. The van der Waals surface area contributed by atoms with E-state index in [1.807, 2.05) is 36.4 Å². The van der Waals surface area contributed by atoms with Crippen molar-refractivity contribution >= 4 is 11.0 Å². The van der Waals surface area contributed by atoms with Crippen molar-refractivity contribution < 1.29 is 18.6 Å². The first-order valence-electron chi connectivity index (χ1n) is 13.1. The highest BCUT2D eigenvalue weighted by molar-refractivity contribution is 5.77. The van der Waals surface area contributed by atoms with E-state index in [1.165, 1.54) is 11.1 Å². The lowest BCUT2D eigenvalue weighted by molar-refractivity contribution is 0.105. The van der Waals surface area contributed by atoms with Crippen molar-refractivity contribution in [2.75, 3.05) is 33.4 Å². The van der Waals surface area contributed by atoms with Gasteiger partial charge in [-0.2, -0.15) is 0 Å². The Morgan fingerprint density at radius 2 is 1.89 bits per heavy atom. The van der Waals surface area contributed by atoms with Gasteiger partial charge >= 0.3 is 0 Å². The van der Waals surface area contributed by atoms with Gasteiger partial charge in [0.05, 0.1) is 33.2 Å². The lowest BCUT2D eigenvalue weighted by Crippen LogP contribution is -2.47. The standard InChI is InChI=1S/C31H36N2O4/c1-34-30-6-3-2-5-26(30)22-35-16-4-17-36-27-10-8-24(9-11-27)28-13-15-32-21-29(28)33-20-23-7-12-31-25(19-23)14-18-37-31/h2-3,5-12,14,18-19,28-29,32-33H,4,13,15-17,20-22H2,1H3/t28-,29-/m0/s1. The predicted octanol–water partition coefficient (Wildman–Crippen LogP) is 5.66. The first-order chi connectivity index (χ1) is 18.3. The van der Waals surface area contributed by atoms with E-state index in [1.54, 1.807) is 13.4 Å². The maximum absolute atomic E-state index is 5.97. The van der Waals surface area contributed by atoms with Gasteiger partial charge < -0.3 is 29.3 Å². The SMILES string of the molecule is COc1ccccc1COCCCOc1ccc([C@@H]2CCNC[C@@H]2NCc2ccc3occc3c2)cc1. The van der Waals surface area contributed by atoms with Crippen LogP contribution < -0.4 is 20.1 Å². The van der Waals surface area contributed by atoms with E-state index in [0.717, 1.165) is 60.5 Å². The molecule has 1 aliphatic heterocycles. The van der Waals surface area contributed by atoms with Gasteiger partial charge in [-0.3, -0.25) is 0 Å². The predicted molar refractivity (Wildman–Crippen MR) is 146 cm³/mol. The maximum Gasteiger partial charge on any atom is 0.133 e. The number of hydrogen-bond donors (Lipinski definition) is 2. The van der Waals surface area contributed by atoms with Crippen molar-refractivity contribution in [3.63, 3.8) is 0 Å². The Balaban J connectivity index is 1.07. The minimum Gasteiger partial charge on any atom is -0.496 e. The number of furan rings is 1. The van der Waals surface area contributed by atoms with Gasteiger partial charge in [-0.25, -0.2) is 0 Å². The number of ether oxygens (including phenoxy) is 3. The van der Waals surface area contributed by atoms with Gasteiger partial charge in [-0.15, -0.1) is 0 Å². The zero-order valence-electron chi connectivity index (χ0n) is 21.5. The minimum atomic E-state index is 0.376. The molecule has 6 heteroatoms. The average molecular weight is 501 g/mol. The molecule has 1 saturated heterocycles. The van der Waals surface area contributed by atoms with Crippen molar-refractivity contribution in [2.45, 2.75) is 38.0 Å². The summed E-state index contributed by atoms with van der Waals surface area (Å²) < 4.78 is 22.6. The van der Waals surface area contributed by atoms with E-state index in [-0.39, 0.29) is 0 Å². The topological polar surface area (TPSA) is 64.9 Å². The monoisotopic (exact) mass is 500 g/mol. The fourth-order valence-corrected chi connectivity index (χ4v) is 5.01. The fourth-order valence-electron chi connectivity index (χ4n) is 5.01. The molecule has 4 aromatic rings. The zero-order chi connectivity index (χ0) is 25.3. The fraction of sp³-hybridized carbons (Fsp3) is 0.355. The van der Waals surface area contributed by atoms with Crippen LogP contribution in [0.4, 0.5) is 0 Å². The van der Waals surface area contributed by atoms with Gasteiger partial charge in [0.15, 0.2) is 0 Å².